The number of carbonyl (C=O) groups excluding carboxylic acids is 4. The third-order valence-corrected chi connectivity index (χ3v) is 12.3. The molecule has 400 valence electrons. The molecule has 17 heteroatoms. The summed E-state index contributed by atoms with van der Waals surface area (Å²) in [4.78, 5) is 76.6. The van der Waals surface area contributed by atoms with Gasteiger partial charge in [0.1, 0.15) is 22.8 Å². The van der Waals surface area contributed by atoms with Crippen LogP contribution < -0.4 is 20.9 Å². The van der Waals surface area contributed by atoms with Gasteiger partial charge in [-0.1, -0.05) is 74.5 Å². The highest BCUT2D eigenvalue weighted by molar-refractivity contribution is 6.28. The first kappa shape index (κ1) is 57.4. The largest absolute Gasteiger partial charge is 0.444 e. The van der Waals surface area contributed by atoms with E-state index in [0.29, 0.717) is 74.0 Å². The van der Waals surface area contributed by atoms with Gasteiger partial charge in [0, 0.05) is 68.8 Å². The maximum absolute atomic E-state index is 13.9. The molecular formula is C58H75ClN10O6. The van der Waals surface area contributed by atoms with Crippen LogP contribution in [-0.4, -0.2) is 116 Å². The molecule has 2 fully saturated rings. The lowest BCUT2D eigenvalue weighted by Crippen LogP contribution is -2.45. The van der Waals surface area contributed by atoms with E-state index in [4.69, 9.17) is 26.8 Å². The van der Waals surface area contributed by atoms with Crippen LogP contribution in [0.25, 0.3) is 21.5 Å². The van der Waals surface area contributed by atoms with E-state index in [2.05, 4.69) is 25.3 Å². The van der Waals surface area contributed by atoms with E-state index in [1.165, 1.54) is 0 Å². The van der Waals surface area contributed by atoms with Gasteiger partial charge in [0.2, 0.25) is 11.2 Å². The van der Waals surface area contributed by atoms with Gasteiger partial charge in [0.15, 0.2) is 0 Å². The molecule has 8 rings (SSSR count). The number of fused-ring (bicyclic) bond motifs is 2. The lowest BCUT2D eigenvalue weighted by molar-refractivity contribution is 0.0176. The number of anilines is 3. The van der Waals surface area contributed by atoms with E-state index in [-0.39, 0.29) is 47.2 Å². The van der Waals surface area contributed by atoms with Crippen molar-refractivity contribution in [1.82, 2.24) is 29.7 Å². The molecule has 6 aromatic rings. The number of hydrogen-bond donors (Lipinski definition) is 2. The molecule has 0 atom stereocenters. The Balaban J connectivity index is 0.000000228. The van der Waals surface area contributed by atoms with Gasteiger partial charge in [-0.05, 0) is 168 Å². The zero-order valence-corrected chi connectivity index (χ0v) is 46.0. The van der Waals surface area contributed by atoms with E-state index in [1.807, 2.05) is 154 Å². The third-order valence-electron chi connectivity index (χ3n) is 12.1. The molecule has 75 heavy (non-hydrogen) atoms. The number of likely N-dealkylation sites (tertiary alicyclic amines) is 2. The first-order valence-electron chi connectivity index (χ1n) is 25.9. The number of piperidine rings is 2. The molecule has 16 nitrogen and oxygen atoms in total. The molecule has 0 unspecified atom stereocenters. The average Bonchev–Trinajstić information content (AvgIpc) is 3.36. The first-order valence-corrected chi connectivity index (χ1v) is 26.3. The smallest absolute Gasteiger partial charge is 0.410 e. The number of ether oxygens (including phenoxy) is 2. The predicted octanol–water partition coefficient (Wildman–Crippen LogP) is 11.7. The van der Waals surface area contributed by atoms with E-state index >= 15 is 0 Å². The van der Waals surface area contributed by atoms with Crippen LogP contribution >= 0.6 is 11.6 Å². The van der Waals surface area contributed by atoms with Crippen molar-refractivity contribution in [3.8, 4) is 0 Å². The summed E-state index contributed by atoms with van der Waals surface area (Å²) in [5.74, 6) is 1.70. The molecule has 0 aliphatic carbocycles. The van der Waals surface area contributed by atoms with Crippen molar-refractivity contribution in [2.24, 2.45) is 17.6 Å². The summed E-state index contributed by atoms with van der Waals surface area (Å²) in [5.41, 5.74) is 5.26. The minimum absolute atomic E-state index is 0.0913. The number of carbonyl (C=O) groups is 4. The summed E-state index contributed by atoms with van der Waals surface area (Å²) in [6.45, 7) is 22.5. The summed E-state index contributed by atoms with van der Waals surface area (Å²) < 4.78 is 11.0. The highest BCUT2D eigenvalue weighted by Gasteiger charge is 2.32. The minimum Gasteiger partial charge on any atom is -0.444 e. The molecule has 4 amide bonds. The summed E-state index contributed by atoms with van der Waals surface area (Å²) in [5, 5.41) is 7.50. The van der Waals surface area contributed by atoms with Crippen molar-refractivity contribution < 1.29 is 28.7 Å². The van der Waals surface area contributed by atoms with Crippen LogP contribution in [-0.2, 0) is 9.47 Å². The molecule has 2 saturated heterocycles. The Hall–Kier alpha value is -6.91. The number of rotatable bonds is 10. The van der Waals surface area contributed by atoms with Gasteiger partial charge < -0.3 is 30.3 Å². The second-order valence-corrected chi connectivity index (χ2v) is 22.1. The fraction of sp³-hybridized carbons (Fsp3) is 0.448. The second-order valence-electron chi connectivity index (χ2n) is 21.7. The van der Waals surface area contributed by atoms with Crippen LogP contribution in [0.4, 0.5) is 27.2 Å². The number of aromatic nitrogens is 4. The summed E-state index contributed by atoms with van der Waals surface area (Å²) >= 11 is 6.05. The number of amides is 4. The highest BCUT2D eigenvalue weighted by Crippen LogP contribution is 2.28. The van der Waals surface area contributed by atoms with Crippen LogP contribution in [0.3, 0.4) is 0 Å². The molecule has 4 heterocycles. The Morgan fingerprint density at radius 1 is 0.613 bits per heavy atom. The number of nitrogens with two attached hydrogens (primary N) is 1. The zero-order chi connectivity index (χ0) is 54.5. The Labute approximate surface area is 447 Å². The van der Waals surface area contributed by atoms with Crippen molar-refractivity contribution >= 4 is 74.7 Å². The normalized spacial score (nSPS) is 14.4. The van der Waals surface area contributed by atoms with E-state index < -0.39 is 11.2 Å². The zero-order valence-electron chi connectivity index (χ0n) is 45.3. The maximum Gasteiger partial charge on any atom is 0.410 e. The average molecular weight is 1040 g/mol. The van der Waals surface area contributed by atoms with Gasteiger partial charge >= 0.3 is 12.2 Å². The number of benzene rings is 4. The van der Waals surface area contributed by atoms with Crippen molar-refractivity contribution in [2.45, 2.75) is 118 Å². The quantitative estimate of drug-likeness (QED) is 0.124. The fourth-order valence-corrected chi connectivity index (χ4v) is 8.73. The van der Waals surface area contributed by atoms with Crippen molar-refractivity contribution in [2.75, 3.05) is 54.4 Å². The molecule has 4 aromatic carbocycles. The van der Waals surface area contributed by atoms with E-state index in [9.17, 15) is 19.2 Å². The van der Waals surface area contributed by atoms with Gasteiger partial charge in [-0.25, -0.2) is 24.5 Å². The monoisotopic (exact) mass is 1040 g/mol. The predicted molar refractivity (Wildman–Crippen MR) is 299 cm³/mol. The first-order chi connectivity index (χ1) is 35.5. The minimum atomic E-state index is -0.525. The molecule has 0 bridgehead atoms. The SMILES string of the molecule is CC(C)(C)OC(=O)N1CCC(CN(C(=O)c2ccc3ccccc3c2)c2ccnc(Cl)n2)CC1.CC(C)N.CC(C)Nc1nccc(N(CC2CCN(C(=O)OC(C)(C)C)CC2)C(=O)c2ccc3ccccc3c2)n1. The van der Waals surface area contributed by atoms with Gasteiger partial charge in [0.25, 0.3) is 11.8 Å². The van der Waals surface area contributed by atoms with Crippen molar-refractivity contribution in [1.29, 1.82) is 0 Å². The maximum atomic E-state index is 13.9. The molecule has 2 aromatic heterocycles. The number of halogens is 1. The Morgan fingerprint density at radius 3 is 1.39 bits per heavy atom. The molecule has 2 aliphatic rings. The van der Waals surface area contributed by atoms with E-state index in [1.54, 1.807) is 44.1 Å². The van der Waals surface area contributed by atoms with Crippen molar-refractivity contribution in [3.63, 3.8) is 0 Å². The lowest BCUT2D eigenvalue weighted by Gasteiger charge is -2.35. The summed E-state index contributed by atoms with van der Waals surface area (Å²) in [6.07, 6.45) is 5.74. The van der Waals surface area contributed by atoms with Crippen molar-refractivity contribution in [3.05, 3.63) is 126 Å². The molecule has 0 saturated carbocycles. The van der Waals surface area contributed by atoms with Crippen LogP contribution in [0.2, 0.25) is 5.28 Å². The molecule has 3 N–H and O–H groups in total. The number of nitrogens with zero attached hydrogens (tertiary/aromatic N) is 8. The van der Waals surface area contributed by atoms with Crippen LogP contribution in [0, 0.1) is 11.8 Å². The third kappa shape index (κ3) is 17.6. The second kappa shape index (κ2) is 26.0. The van der Waals surface area contributed by atoms with Crippen LogP contribution in [0.5, 0.6) is 0 Å². The van der Waals surface area contributed by atoms with Gasteiger partial charge in [-0.2, -0.15) is 4.98 Å². The van der Waals surface area contributed by atoms with Crippen LogP contribution in [0.15, 0.2) is 109 Å². The number of nitrogens with one attached hydrogen (secondary N) is 1. The fourth-order valence-electron chi connectivity index (χ4n) is 8.59. The number of hydrogen-bond acceptors (Lipinski definition) is 12. The van der Waals surface area contributed by atoms with Gasteiger partial charge in [0.05, 0.1) is 0 Å². The Morgan fingerprint density at radius 2 is 1.00 bits per heavy atom. The van der Waals surface area contributed by atoms with Gasteiger partial charge in [-0.15, -0.1) is 0 Å². The van der Waals surface area contributed by atoms with E-state index in [0.717, 1.165) is 47.2 Å². The summed E-state index contributed by atoms with van der Waals surface area (Å²) in [7, 11) is 0. The topological polar surface area (TPSA) is 189 Å². The Bertz CT molecular complexity index is 2870. The summed E-state index contributed by atoms with van der Waals surface area (Å²) in [6, 6.07) is 31.4. The molecule has 0 radical (unpaired) electrons. The highest BCUT2D eigenvalue weighted by atomic mass is 35.5. The van der Waals surface area contributed by atoms with Crippen LogP contribution in [0.1, 0.15) is 116 Å². The Kier molecular flexibility index (Phi) is 19.9. The molecule has 0 spiro atoms. The molecular weight excluding hydrogens is 968 g/mol. The standard InChI is InChI=1S/C29H37N5O3.C26H29ClN4O3.C3H9N/c1-20(2)31-27-30-15-12-25(32-27)34(26(35)24-11-10-22-8-6-7-9-23(22)18-24)19-21-13-16-33(17-14-21)28(36)37-29(3,4)5;1-26(2,3)34-25(33)30-14-11-18(12-15-30)17-31(22-10-13-28-24(27)29-22)23(32)21-9-8-19-6-4-5-7-20(19)16-21;1-3(2)4/h6-12,15,18,20-21H,13-14,16-17,19H2,1-5H3,(H,30,31,32);4-10,13,16,18H,11-12,14-15,17H2,1-3H3;3H,4H2,1-2H3. The lowest BCUT2D eigenvalue weighted by atomic mass is 9.96. The molecule has 2 aliphatic heterocycles. The van der Waals surface area contributed by atoms with Gasteiger partial charge in [-0.3, -0.25) is 19.4 Å².